The van der Waals surface area contributed by atoms with Crippen LogP contribution in [-0.2, 0) is 6.54 Å². The standard InChI is InChI=1S/C14H16BrN3/c1-9-4-2-5-10(8-9)14-17-13(15)12-11(16)6-3-7-18(12)14/h2,4-5,8,11H,3,6-7,16H2,1H3. The molecule has 0 saturated heterocycles. The van der Waals surface area contributed by atoms with Crippen LogP contribution in [0.1, 0.15) is 30.1 Å². The summed E-state index contributed by atoms with van der Waals surface area (Å²) in [4.78, 5) is 4.65. The number of hydrogen-bond donors (Lipinski definition) is 1. The Kier molecular flexibility index (Phi) is 2.99. The van der Waals surface area contributed by atoms with Crippen molar-refractivity contribution in [2.45, 2.75) is 32.4 Å². The van der Waals surface area contributed by atoms with Gasteiger partial charge in [0.05, 0.1) is 5.69 Å². The molecule has 0 bridgehead atoms. The molecule has 1 atom stereocenters. The maximum absolute atomic E-state index is 6.18. The number of benzene rings is 1. The topological polar surface area (TPSA) is 43.8 Å². The molecular weight excluding hydrogens is 290 g/mol. The van der Waals surface area contributed by atoms with Gasteiger partial charge in [-0.05, 0) is 41.8 Å². The Morgan fingerprint density at radius 1 is 1.44 bits per heavy atom. The summed E-state index contributed by atoms with van der Waals surface area (Å²) >= 11 is 3.55. The first-order valence-electron chi connectivity index (χ1n) is 6.25. The third-order valence-electron chi connectivity index (χ3n) is 3.49. The van der Waals surface area contributed by atoms with Gasteiger partial charge in [-0.25, -0.2) is 4.98 Å². The average molecular weight is 306 g/mol. The Hall–Kier alpha value is -1.13. The van der Waals surface area contributed by atoms with Gasteiger partial charge < -0.3 is 10.3 Å². The van der Waals surface area contributed by atoms with Gasteiger partial charge in [0.15, 0.2) is 0 Å². The van der Waals surface area contributed by atoms with Gasteiger partial charge in [0.25, 0.3) is 0 Å². The second-order valence-electron chi connectivity index (χ2n) is 4.88. The van der Waals surface area contributed by atoms with Gasteiger partial charge in [-0.15, -0.1) is 0 Å². The van der Waals surface area contributed by atoms with Crippen LogP contribution >= 0.6 is 15.9 Å². The fourth-order valence-electron chi connectivity index (χ4n) is 2.63. The summed E-state index contributed by atoms with van der Waals surface area (Å²) in [7, 11) is 0. The van der Waals surface area contributed by atoms with Crippen LogP contribution in [-0.4, -0.2) is 9.55 Å². The van der Waals surface area contributed by atoms with E-state index in [0.29, 0.717) is 0 Å². The van der Waals surface area contributed by atoms with E-state index in [1.807, 2.05) is 0 Å². The average Bonchev–Trinajstić information content (AvgIpc) is 2.68. The number of rotatable bonds is 1. The fraction of sp³-hybridized carbons (Fsp3) is 0.357. The van der Waals surface area contributed by atoms with Crippen molar-refractivity contribution in [3.05, 3.63) is 40.1 Å². The second kappa shape index (κ2) is 4.52. The molecule has 0 spiro atoms. The molecule has 18 heavy (non-hydrogen) atoms. The summed E-state index contributed by atoms with van der Waals surface area (Å²) in [6, 6.07) is 8.55. The zero-order chi connectivity index (χ0) is 12.7. The number of fused-ring (bicyclic) bond motifs is 1. The SMILES string of the molecule is Cc1cccc(-c2nc(Br)c3n2CCCC3N)c1. The number of aryl methyl sites for hydroxylation is 1. The molecule has 2 N–H and O–H groups in total. The highest BCUT2D eigenvalue weighted by Gasteiger charge is 2.24. The molecule has 0 radical (unpaired) electrons. The largest absolute Gasteiger partial charge is 0.326 e. The first kappa shape index (κ1) is 11.9. The molecule has 1 aromatic carbocycles. The Morgan fingerprint density at radius 2 is 2.28 bits per heavy atom. The third-order valence-corrected chi connectivity index (χ3v) is 4.07. The van der Waals surface area contributed by atoms with Crippen molar-refractivity contribution < 1.29 is 0 Å². The van der Waals surface area contributed by atoms with Gasteiger partial charge >= 0.3 is 0 Å². The molecule has 0 saturated carbocycles. The highest BCUT2D eigenvalue weighted by molar-refractivity contribution is 9.10. The van der Waals surface area contributed by atoms with Crippen LogP contribution in [0.4, 0.5) is 0 Å². The van der Waals surface area contributed by atoms with Crippen LogP contribution < -0.4 is 5.73 Å². The quantitative estimate of drug-likeness (QED) is 0.877. The predicted octanol–water partition coefficient (Wildman–Crippen LogP) is 3.41. The van der Waals surface area contributed by atoms with Gasteiger partial charge in [0.1, 0.15) is 10.4 Å². The minimum Gasteiger partial charge on any atom is -0.326 e. The van der Waals surface area contributed by atoms with Crippen LogP contribution in [0.15, 0.2) is 28.9 Å². The van der Waals surface area contributed by atoms with Crippen molar-refractivity contribution >= 4 is 15.9 Å². The summed E-state index contributed by atoms with van der Waals surface area (Å²) < 4.78 is 3.15. The number of imidazole rings is 1. The molecule has 3 nitrogen and oxygen atoms in total. The summed E-state index contributed by atoms with van der Waals surface area (Å²) in [5.41, 5.74) is 9.73. The van der Waals surface area contributed by atoms with Crippen molar-refractivity contribution in [1.29, 1.82) is 0 Å². The Bertz CT molecular complexity index is 589. The molecule has 0 aliphatic carbocycles. The van der Waals surface area contributed by atoms with E-state index in [1.54, 1.807) is 0 Å². The first-order valence-corrected chi connectivity index (χ1v) is 7.04. The fourth-order valence-corrected chi connectivity index (χ4v) is 3.30. The van der Waals surface area contributed by atoms with Crippen molar-refractivity contribution in [2.24, 2.45) is 5.73 Å². The van der Waals surface area contributed by atoms with Crippen LogP contribution in [0.3, 0.4) is 0 Å². The number of halogens is 1. The van der Waals surface area contributed by atoms with E-state index in [9.17, 15) is 0 Å². The molecule has 1 aliphatic rings. The minimum absolute atomic E-state index is 0.0965. The van der Waals surface area contributed by atoms with E-state index in [2.05, 4.69) is 56.7 Å². The van der Waals surface area contributed by atoms with Gasteiger partial charge in [-0.3, -0.25) is 0 Å². The van der Waals surface area contributed by atoms with E-state index in [-0.39, 0.29) is 6.04 Å². The van der Waals surface area contributed by atoms with E-state index < -0.39 is 0 Å². The minimum atomic E-state index is 0.0965. The summed E-state index contributed by atoms with van der Waals surface area (Å²) in [5, 5.41) is 0. The van der Waals surface area contributed by atoms with E-state index in [1.165, 1.54) is 5.56 Å². The zero-order valence-corrected chi connectivity index (χ0v) is 11.9. The highest BCUT2D eigenvalue weighted by atomic mass is 79.9. The van der Waals surface area contributed by atoms with Gasteiger partial charge in [0.2, 0.25) is 0 Å². The summed E-state index contributed by atoms with van der Waals surface area (Å²) in [6.07, 6.45) is 2.16. The lowest BCUT2D eigenvalue weighted by atomic mass is 10.1. The molecule has 0 amide bonds. The van der Waals surface area contributed by atoms with Gasteiger partial charge in [-0.2, -0.15) is 0 Å². The number of hydrogen-bond acceptors (Lipinski definition) is 2. The molecule has 2 heterocycles. The Balaban J connectivity index is 2.16. The van der Waals surface area contributed by atoms with Crippen LogP contribution in [0.25, 0.3) is 11.4 Å². The third kappa shape index (κ3) is 1.89. The number of nitrogens with zero attached hydrogens (tertiary/aromatic N) is 2. The molecule has 3 rings (SSSR count). The second-order valence-corrected chi connectivity index (χ2v) is 5.63. The Labute approximate surface area is 115 Å². The van der Waals surface area contributed by atoms with Gasteiger partial charge in [0, 0.05) is 18.2 Å². The monoisotopic (exact) mass is 305 g/mol. The molecule has 0 fully saturated rings. The maximum atomic E-state index is 6.18. The smallest absolute Gasteiger partial charge is 0.141 e. The molecule has 1 aliphatic heterocycles. The van der Waals surface area contributed by atoms with E-state index in [0.717, 1.165) is 41.1 Å². The lowest BCUT2D eigenvalue weighted by Crippen LogP contribution is -2.22. The maximum Gasteiger partial charge on any atom is 0.141 e. The molecule has 2 aromatic rings. The van der Waals surface area contributed by atoms with Crippen LogP contribution in [0, 0.1) is 6.92 Å². The highest BCUT2D eigenvalue weighted by Crippen LogP contribution is 2.34. The predicted molar refractivity (Wildman–Crippen MR) is 76.3 cm³/mol. The van der Waals surface area contributed by atoms with Crippen molar-refractivity contribution in [2.75, 3.05) is 0 Å². The van der Waals surface area contributed by atoms with Crippen molar-refractivity contribution in [3.8, 4) is 11.4 Å². The lowest BCUT2D eigenvalue weighted by Gasteiger charge is -2.22. The van der Waals surface area contributed by atoms with Crippen molar-refractivity contribution in [1.82, 2.24) is 9.55 Å². The zero-order valence-electron chi connectivity index (χ0n) is 10.4. The van der Waals surface area contributed by atoms with E-state index in [4.69, 9.17) is 5.73 Å². The van der Waals surface area contributed by atoms with Crippen LogP contribution in [0.2, 0.25) is 0 Å². The normalized spacial score (nSPS) is 18.7. The summed E-state index contributed by atoms with van der Waals surface area (Å²) in [6.45, 7) is 3.11. The number of nitrogens with two attached hydrogens (primary N) is 1. The lowest BCUT2D eigenvalue weighted by molar-refractivity contribution is 0.464. The number of aromatic nitrogens is 2. The van der Waals surface area contributed by atoms with Crippen LogP contribution in [0.5, 0.6) is 0 Å². The van der Waals surface area contributed by atoms with E-state index >= 15 is 0 Å². The molecule has 1 unspecified atom stereocenters. The Morgan fingerprint density at radius 3 is 3.06 bits per heavy atom. The molecule has 4 heteroatoms. The molecule has 1 aromatic heterocycles. The molecule has 94 valence electrons. The molecular formula is C14H16BrN3. The van der Waals surface area contributed by atoms with Gasteiger partial charge in [-0.1, -0.05) is 23.8 Å². The summed E-state index contributed by atoms with van der Waals surface area (Å²) in [5.74, 6) is 1.02. The first-order chi connectivity index (χ1) is 8.66. The van der Waals surface area contributed by atoms with Crippen molar-refractivity contribution in [3.63, 3.8) is 0 Å².